The Labute approximate surface area is 288 Å². The summed E-state index contributed by atoms with van der Waals surface area (Å²) in [4.78, 5) is 161. The van der Waals surface area contributed by atoms with Gasteiger partial charge in [-0.1, -0.05) is 7.43 Å². The molecule has 0 bridgehead atoms. The van der Waals surface area contributed by atoms with Gasteiger partial charge in [-0.15, -0.1) is 0 Å². The number of hydrogen-bond donors (Lipinski definition) is 20. The minimum absolute atomic E-state index is 0. The van der Waals surface area contributed by atoms with Crippen LogP contribution in [0.25, 0.3) is 0 Å². The molecule has 0 atom stereocenters. The highest BCUT2D eigenvalue weighted by Crippen LogP contribution is 2.67. The van der Waals surface area contributed by atoms with Gasteiger partial charge in [-0.05, 0) is 0 Å². The van der Waals surface area contributed by atoms with Crippen molar-refractivity contribution in [2.45, 2.75) is 7.43 Å². The van der Waals surface area contributed by atoms with Crippen LogP contribution in [0.1, 0.15) is 7.43 Å². The van der Waals surface area contributed by atoms with E-state index in [-0.39, 0.29) is 7.43 Å². The van der Waals surface area contributed by atoms with Crippen LogP contribution in [0.4, 0.5) is 0 Å². The summed E-state index contributed by atoms with van der Waals surface area (Å²) in [5.41, 5.74) is 0. The van der Waals surface area contributed by atoms with Gasteiger partial charge in [0.15, 0.2) is 0 Å². The molecule has 0 radical (unpaired) electrons. The highest BCUT2D eigenvalue weighted by atomic mass is 31.3. The van der Waals surface area contributed by atoms with Crippen LogP contribution < -0.4 is 0 Å². The Kier molecular flexibility index (Phi) is 26.8. The lowest BCUT2D eigenvalue weighted by molar-refractivity contribution is 0.198. The molecule has 0 saturated carbocycles. The van der Waals surface area contributed by atoms with Crippen LogP contribution in [-0.4, -0.2) is 97.9 Å². The van der Waals surface area contributed by atoms with Gasteiger partial charge in [0, 0.05) is 0 Å². The summed E-state index contributed by atoms with van der Waals surface area (Å²) in [6, 6.07) is 0. The minimum Gasteiger partial charge on any atom is -0.302 e. The fraction of sp³-hybridized carbons (Fsp3) is 1.00. The van der Waals surface area contributed by atoms with Crippen LogP contribution in [-0.2, 0) is 89.3 Å². The van der Waals surface area contributed by atoms with Crippen molar-refractivity contribution >= 4 is 93.9 Å². The topological polar surface area (TPSA) is 683 Å². The highest BCUT2D eigenvalue weighted by molar-refractivity contribution is 7.68. The van der Waals surface area contributed by atoms with Gasteiger partial charge >= 0.3 is 93.9 Å². The van der Waals surface area contributed by atoms with E-state index in [1.54, 1.807) is 0 Å². The first-order valence-corrected chi connectivity index (χ1v) is 27.3. The zero-order valence-electron chi connectivity index (χ0n) is 22.5. The van der Waals surface area contributed by atoms with Crippen LogP contribution >= 0.6 is 93.9 Å². The predicted molar refractivity (Wildman–Crippen MR) is 151 cm³/mol. The van der Waals surface area contributed by atoms with Crippen LogP contribution in [0.2, 0.25) is 0 Å². The molecule has 0 aliphatic rings. The molecule has 0 rings (SSSR count). The van der Waals surface area contributed by atoms with Gasteiger partial charge in [-0.3, -0.25) is 0 Å². The third kappa shape index (κ3) is 58.0. The fourth-order valence-electron chi connectivity index (χ4n) is 1.13. The third-order valence-corrected chi connectivity index (χ3v) is 15.1. The van der Waals surface area contributed by atoms with Crippen molar-refractivity contribution in [3.05, 3.63) is 0 Å². The second kappa shape index (κ2) is 22.3. The Balaban J connectivity index is -0.000000192. The summed E-state index contributed by atoms with van der Waals surface area (Å²) >= 11 is 0. The molecular formula is CH24O40P12. The predicted octanol–water partition coefficient (Wildman–Crippen LogP) is -2.14. The lowest BCUT2D eigenvalue weighted by Gasteiger charge is -2.12. The van der Waals surface area contributed by atoms with Gasteiger partial charge in [0.05, 0.1) is 0 Å². The molecule has 0 spiro atoms. The molecule has 0 aromatic heterocycles. The van der Waals surface area contributed by atoms with Gasteiger partial charge < -0.3 is 97.9 Å². The fourth-order valence-corrected chi connectivity index (χ4v) is 11.3. The maximum atomic E-state index is 10.4. The smallest absolute Gasteiger partial charge is 0.302 e. The molecule has 0 aliphatic carbocycles. The van der Waals surface area contributed by atoms with Crippen LogP contribution in [0.3, 0.4) is 0 Å². The zero-order chi connectivity index (χ0) is 43.7. The first-order valence-electron chi connectivity index (χ1n) is 9.11. The van der Waals surface area contributed by atoms with Crippen molar-refractivity contribution < 1.29 is 187 Å². The van der Waals surface area contributed by atoms with Crippen molar-refractivity contribution in [3.8, 4) is 0 Å². The largest absolute Gasteiger partial charge is 0.490 e. The maximum absolute atomic E-state index is 10.4. The normalized spacial score (nSPS) is 14.3. The molecular weight excluding hydrogens is 1020 g/mol. The quantitative estimate of drug-likeness (QED) is 0.0733. The molecule has 0 heterocycles. The van der Waals surface area contributed by atoms with Crippen LogP contribution in [0.5, 0.6) is 0 Å². The Morgan fingerprint density at radius 2 is 0.245 bits per heavy atom. The summed E-state index contributed by atoms with van der Waals surface area (Å²) in [5.74, 6) is 0. The second-order valence-electron chi connectivity index (χ2n) is 6.45. The van der Waals surface area contributed by atoms with E-state index in [1.807, 2.05) is 0 Å². The van der Waals surface area contributed by atoms with Crippen LogP contribution in [0, 0.1) is 0 Å². The average Bonchev–Trinajstić information content (AvgIpc) is 2.51. The lowest BCUT2D eigenvalue weighted by Crippen LogP contribution is -1.92. The van der Waals surface area contributed by atoms with Crippen molar-refractivity contribution in [1.82, 2.24) is 0 Å². The molecule has 0 aromatic carbocycles. The number of rotatable bonds is 16. The van der Waals surface area contributed by atoms with E-state index in [0.29, 0.717) is 0 Å². The average molecular weight is 1050 g/mol. The van der Waals surface area contributed by atoms with Gasteiger partial charge in [-0.25, -0.2) is 54.8 Å². The summed E-state index contributed by atoms with van der Waals surface area (Å²) in [6.07, 6.45) is 0. The third-order valence-electron chi connectivity index (χ3n) is 1.68. The Morgan fingerprint density at radius 3 is 0.283 bits per heavy atom. The van der Waals surface area contributed by atoms with E-state index < -0.39 is 93.9 Å². The summed E-state index contributed by atoms with van der Waals surface area (Å²) in [6.45, 7) is 0. The van der Waals surface area contributed by atoms with E-state index in [2.05, 4.69) is 34.5 Å². The number of phosphoric acid groups is 12. The Bertz CT molecular complexity index is 1350. The standard InChI is InChI=1S/CH4.4H5O10P3/c;4*1-11(2,3)9-13(7,8)10-12(4,5)6/h1H4;4*(H,7,8)(H2,1,2,3)(H2,4,5,6). The molecule has 40 nitrogen and oxygen atoms in total. The molecule has 20 N–H and O–H groups in total. The van der Waals surface area contributed by atoms with E-state index in [4.69, 9.17) is 97.9 Å². The summed E-state index contributed by atoms with van der Waals surface area (Å²) in [7, 11) is -64.7. The van der Waals surface area contributed by atoms with Gasteiger partial charge in [-0.2, -0.15) is 34.5 Å². The molecule has 328 valence electrons. The van der Waals surface area contributed by atoms with E-state index in [9.17, 15) is 54.8 Å². The van der Waals surface area contributed by atoms with Crippen LogP contribution in [0.15, 0.2) is 0 Å². The van der Waals surface area contributed by atoms with Gasteiger partial charge in [0.1, 0.15) is 0 Å². The Hall–Kier alpha value is 1.64. The van der Waals surface area contributed by atoms with Crippen molar-refractivity contribution in [2.75, 3.05) is 0 Å². The minimum atomic E-state index is -5.46. The van der Waals surface area contributed by atoms with Crippen molar-refractivity contribution in [1.29, 1.82) is 0 Å². The molecule has 0 fully saturated rings. The summed E-state index contributed by atoms with van der Waals surface area (Å²) < 4.78 is 146. The highest BCUT2D eigenvalue weighted by Gasteiger charge is 2.41. The van der Waals surface area contributed by atoms with E-state index in [1.165, 1.54) is 0 Å². The molecule has 0 aromatic rings. The second-order valence-corrected chi connectivity index (χ2v) is 23.3. The van der Waals surface area contributed by atoms with Gasteiger partial charge in [0.2, 0.25) is 0 Å². The number of hydrogen-bond acceptors (Lipinski definition) is 20. The Morgan fingerprint density at radius 1 is 0.189 bits per heavy atom. The first-order chi connectivity index (χ1) is 21.7. The SMILES string of the molecule is C.O=P(O)(O)OP(=O)(O)OP(=O)(O)O.O=P(O)(O)OP(=O)(O)OP(=O)(O)O.O=P(O)(O)OP(=O)(O)OP(=O)(O)O.O=P(O)(O)OP(=O)(O)OP(=O)(O)O. The van der Waals surface area contributed by atoms with E-state index >= 15 is 0 Å². The maximum Gasteiger partial charge on any atom is 0.490 e. The van der Waals surface area contributed by atoms with Crippen molar-refractivity contribution in [3.63, 3.8) is 0 Å². The molecule has 0 saturated heterocycles. The van der Waals surface area contributed by atoms with Crippen molar-refractivity contribution in [2.24, 2.45) is 0 Å². The first kappa shape index (κ1) is 63.8. The lowest BCUT2D eigenvalue weighted by atomic mass is 12.0. The molecule has 0 unspecified atom stereocenters. The monoisotopic (exact) mass is 1050 g/mol. The zero-order valence-corrected chi connectivity index (χ0v) is 33.2. The molecule has 0 amide bonds. The molecule has 0 aliphatic heterocycles. The van der Waals surface area contributed by atoms with E-state index in [0.717, 1.165) is 0 Å². The molecule has 53 heavy (non-hydrogen) atoms. The molecule has 52 heteroatoms. The summed E-state index contributed by atoms with van der Waals surface area (Å²) in [5, 5.41) is 0. The van der Waals surface area contributed by atoms with Gasteiger partial charge in [0.25, 0.3) is 0 Å².